The molecule has 0 unspecified atom stereocenters. The molecule has 0 saturated carbocycles. The summed E-state index contributed by atoms with van der Waals surface area (Å²) in [5, 5.41) is 0. The van der Waals surface area contributed by atoms with Crippen molar-refractivity contribution in [3.05, 3.63) is 54.2 Å². The minimum atomic E-state index is 0. The summed E-state index contributed by atoms with van der Waals surface area (Å²) in [4.78, 5) is 4.34. The Hall–Kier alpha value is -0.942. The van der Waals surface area contributed by atoms with E-state index in [4.69, 9.17) is 0 Å². The molecule has 2 aromatic rings. The van der Waals surface area contributed by atoms with E-state index in [0.29, 0.717) is 0 Å². The van der Waals surface area contributed by atoms with Crippen LogP contribution in [-0.2, 0) is 26.5 Å². The Kier molecular flexibility index (Phi) is 7.86. The molecule has 0 aliphatic heterocycles. The molecule has 0 aliphatic rings. The van der Waals surface area contributed by atoms with Crippen molar-refractivity contribution in [1.82, 2.24) is 4.98 Å². The Morgan fingerprint density at radius 3 is 2.26 bits per heavy atom. The maximum Gasteiger partial charge on any atom is 0.0160 e. The molecular weight excluding hydrogens is 413 g/mol. The molecule has 1 nitrogen and oxygen atoms in total. The summed E-state index contributed by atoms with van der Waals surface area (Å²) in [6.45, 7) is 10.6. The van der Waals surface area contributed by atoms with Gasteiger partial charge in [-0.05, 0) is 17.2 Å². The van der Waals surface area contributed by atoms with Crippen LogP contribution in [0.3, 0.4) is 0 Å². The average molecular weight is 435 g/mol. The van der Waals surface area contributed by atoms with Gasteiger partial charge in [0, 0.05) is 27.3 Å². The molecule has 0 atom stereocenters. The van der Waals surface area contributed by atoms with Gasteiger partial charge in [-0.1, -0.05) is 46.8 Å². The molecule has 106 valence electrons. The molecule has 2 rings (SSSR count). The maximum absolute atomic E-state index is 4.34. The Balaban J connectivity index is 0.00000103. The van der Waals surface area contributed by atoms with Crippen molar-refractivity contribution in [3.8, 4) is 11.3 Å². The zero-order chi connectivity index (χ0) is 13.6. The van der Waals surface area contributed by atoms with Crippen molar-refractivity contribution in [2.75, 3.05) is 0 Å². The summed E-state index contributed by atoms with van der Waals surface area (Å²) in [6, 6.07) is 15.4. The number of pyridine rings is 1. The van der Waals surface area contributed by atoms with Gasteiger partial charge in [0.1, 0.15) is 0 Å². The van der Waals surface area contributed by atoms with E-state index in [0.717, 1.165) is 11.3 Å². The summed E-state index contributed by atoms with van der Waals surface area (Å²) in [6.07, 6.45) is 1.81. The molecule has 0 aliphatic carbocycles. The molecule has 0 fully saturated rings. The first-order valence-electron chi connectivity index (χ1n) is 6.51. The molecule has 2 heteroatoms. The standard InChI is InChI=1S/C15H16N.C2H6.Pt/c1-15(2,3)13-8-6-7-12(11-13)14-9-4-5-10-16-14;1-2;/h4-6,8-11H,1-3H3;1-2H3;/q-1;;. The topological polar surface area (TPSA) is 12.9 Å². The van der Waals surface area contributed by atoms with Gasteiger partial charge in [-0.3, -0.25) is 0 Å². The Bertz CT molecular complexity index is 472. The van der Waals surface area contributed by atoms with Gasteiger partial charge in [0.25, 0.3) is 0 Å². The van der Waals surface area contributed by atoms with Crippen LogP contribution in [0.15, 0.2) is 42.6 Å². The van der Waals surface area contributed by atoms with Gasteiger partial charge in [0.15, 0.2) is 0 Å². The normalized spacial score (nSPS) is 9.95. The molecule has 19 heavy (non-hydrogen) atoms. The fraction of sp³-hybridized carbons (Fsp3) is 0.353. The first-order chi connectivity index (χ1) is 8.57. The second-order valence-corrected chi connectivity index (χ2v) is 4.96. The Labute approximate surface area is 131 Å². The third-order valence-electron chi connectivity index (χ3n) is 2.61. The van der Waals surface area contributed by atoms with Gasteiger partial charge < -0.3 is 4.98 Å². The van der Waals surface area contributed by atoms with Crippen LogP contribution >= 0.6 is 0 Å². The molecular formula is C17H22NPt-. The van der Waals surface area contributed by atoms with Crippen LogP contribution in [0.25, 0.3) is 11.3 Å². The van der Waals surface area contributed by atoms with E-state index in [1.54, 1.807) is 0 Å². The molecule has 1 heterocycles. The van der Waals surface area contributed by atoms with Crippen molar-refractivity contribution < 1.29 is 21.1 Å². The molecule has 0 saturated heterocycles. The van der Waals surface area contributed by atoms with E-state index in [9.17, 15) is 0 Å². The quantitative estimate of drug-likeness (QED) is 0.583. The number of rotatable bonds is 1. The van der Waals surface area contributed by atoms with Crippen LogP contribution in [0.2, 0.25) is 0 Å². The average Bonchev–Trinajstić information content (AvgIpc) is 2.41. The van der Waals surface area contributed by atoms with Crippen LogP contribution in [0.4, 0.5) is 0 Å². The van der Waals surface area contributed by atoms with Crippen LogP contribution in [0, 0.1) is 6.07 Å². The van der Waals surface area contributed by atoms with Gasteiger partial charge in [-0.25, -0.2) is 0 Å². The van der Waals surface area contributed by atoms with Gasteiger partial charge in [0.05, 0.1) is 0 Å². The third kappa shape index (κ3) is 5.28. The number of hydrogen-bond acceptors (Lipinski definition) is 1. The van der Waals surface area contributed by atoms with E-state index >= 15 is 0 Å². The van der Waals surface area contributed by atoms with Crippen molar-refractivity contribution in [3.63, 3.8) is 0 Å². The molecule has 0 radical (unpaired) electrons. The summed E-state index contributed by atoms with van der Waals surface area (Å²) in [5.41, 5.74) is 3.52. The van der Waals surface area contributed by atoms with Crippen molar-refractivity contribution in [1.29, 1.82) is 0 Å². The van der Waals surface area contributed by atoms with Crippen LogP contribution in [-0.4, -0.2) is 4.98 Å². The molecule has 1 aromatic carbocycles. The molecule has 0 amide bonds. The number of nitrogens with zero attached hydrogens (tertiary/aromatic N) is 1. The van der Waals surface area contributed by atoms with Crippen LogP contribution < -0.4 is 0 Å². The van der Waals surface area contributed by atoms with Gasteiger partial charge in [0.2, 0.25) is 0 Å². The Morgan fingerprint density at radius 1 is 1.05 bits per heavy atom. The van der Waals surface area contributed by atoms with Gasteiger partial charge in [-0.15, -0.1) is 35.4 Å². The van der Waals surface area contributed by atoms with E-state index in [1.165, 1.54) is 5.56 Å². The van der Waals surface area contributed by atoms with Crippen LogP contribution in [0.1, 0.15) is 40.2 Å². The van der Waals surface area contributed by atoms with Gasteiger partial charge in [-0.2, -0.15) is 0 Å². The van der Waals surface area contributed by atoms with Crippen LogP contribution in [0.5, 0.6) is 0 Å². The predicted molar refractivity (Wildman–Crippen MR) is 78.6 cm³/mol. The predicted octanol–water partition coefficient (Wildman–Crippen LogP) is 4.87. The number of benzene rings is 1. The number of aromatic nitrogens is 1. The molecule has 0 N–H and O–H groups in total. The second kappa shape index (κ2) is 8.27. The van der Waals surface area contributed by atoms with E-state index in [-0.39, 0.29) is 26.5 Å². The van der Waals surface area contributed by atoms with Crippen molar-refractivity contribution in [2.24, 2.45) is 0 Å². The monoisotopic (exact) mass is 435 g/mol. The molecule has 0 bridgehead atoms. The fourth-order valence-corrected chi connectivity index (χ4v) is 1.60. The summed E-state index contributed by atoms with van der Waals surface area (Å²) >= 11 is 0. The first-order valence-corrected chi connectivity index (χ1v) is 6.51. The third-order valence-corrected chi connectivity index (χ3v) is 2.61. The van der Waals surface area contributed by atoms with Crippen molar-refractivity contribution >= 4 is 0 Å². The smallest absolute Gasteiger partial charge is 0.0160 e. The maximum atomic E-state index is 4.34. The first kappa shape index (κ1) is 18.1. The summed E-state index contributed by atoms with van der Waals surface area (Å²) in [5.74, 6) is 0. The van der Waals surface area contributed by atoms with Gasteiger partial charge >= 0.3 is 0 Å². The Morgan fingerprint density at radius 2 is 1.74 bits per heavy atom. The minimum Gasteiger partial charge on any atom is -0.305 e. The fourth-order valence-electron chi connectivity index (χ4n) is 1.60. The zero-order valence-electron chi connectivity index (χ0n) is 12.3. The van der Waals surface area contributed by atoms with E-state index in [2.05, 4.69) is 44.0 Å². The summed E-state index contributed by atoms with van der Waals surface area (Å²) in [7, 11) is 0. The number of hydrogen-bond donors (Lipinski definition) is 0. The van der Waals surface area contributed by atoms with Crippen molar-refractivity contribution in [2.45, 2.75) is 40.0 Å². The summed E-state index contributed by atoms with van der Waals surface area (Å²) < 4.78 is 0. The van der Waals surface area contributed by atoms with E-state index < -0.39 is 0 Å². The largest absolute Gasteiger partial charge is 0.305 e. The minimum absolute atomic E-state index is 0. The second-order valence-electron chi connectivity index (χ2n) is 4.96. The zero-order valence-corrected chi connectivity index (χ0v) is 14.6. The van der Waals surface area contributed by atoms with E-state index in [1.807, 2.05) is 44.3 Å². The molecule has 0 spiro atoms. The molecule has 1 aromatic heterocycles. The SMILES string of the molecule is CC.CC(C)(C)c1cc[c-]c(-c2ccccn2)c1.[Pt].